The van der Waals surface area contributed by atoms with E-state index >= 15 is 0 Å². The van der Waals surface area contributed by atoms with E-state index in [1.165, 1.54) is 0 Å². The molecule has 4 N–H and O–H groups in total. The van der Waals surface area contributed by atoms with Crippen LogP contribution in [0.5, 0.6) is 5.75 Å². The summed E-state index contributed by atoms with van der Waals surface area (Å²) in [4.78, 5) is 11.3. The summed E-state index contributed by atoms with van der Waals surface area (Å²) in [6.07, 6.45) is 0. The summed E-state index contributed by atoms with van der Waals surface area (Å²) < 4.78 is 0. The van der Waals surface area contributed by atoms with Crippen molar-refractivity contribution in [3.05, 3.63) is 59.2 Å². The van der Waals surface area contributed by atoms with Crippen molar-refractivity contribution in [3.63, 3.8) is 0 Å². The molecular weight excluding hydrogens is 240 g/mol. The molecule has 0 saturated heterocycles. The van der Waals surface area contributed by atoms with Gasteiger partial charge >= 0.3 is 0 Å². The summed E-state index contributed by atoms with van der Waals surface area (Å²) in [6, 6.07) is 12.4. The Morgan fingerprint density at radius 2 is 1.89 bits per heavy atom. The molecule has 0 unspecified atom stereocenters. The Kier molecular flexibility index (Phi) is 3.71. The van der Waals surface area contributed by atoms with Crippen molar-refractivity contribution in [1.82, 2.24) is 0 Å². The number of phenolic OH excluding ortho intramolecular Hbond substituents is 1. The van der Waals surface area contributed by atoms with E-state index < -0.39 is 5.91 Å². The molecule has 0 atom stereocenters. The normalized spacial score (nSPS) is 10.2. The third-order valence-electron chi connectivity index (χ3n) is 3.02. The highest BCUT2D eigenvalue weighted by Crippen LogP contribution is 2.19. The number of amides is 1. The van der Waals surface area contributed by atoms with Crippen LogP contribution in [0, 0.1) is 6.92 Å². The molecule has 2 rings (SSSR count). The fourth-order valence-corrected chi connectivity index (χ4v) is 1.91. The minimum Gasteiger partial charge on any atom is -0.508 e. The first-order chi connectivity index (χ1) is 9.08. The van der Waals surface area contributed by atoms with Gasteiger partial charge in [0.05, 0.1) is 0 Å². The minimum absolute atomic E-state index is 0.246. The lowest BCUT2D eigenvalue weighted by atomic mass is 10.1. The van der Waals surface area contributed by atoms with Crippen molar-refractivity contribution in [2.24, 2.45) is 5.73 Å². The molecule has 98 valence electrons. The van der Waals surface area contributed by atoms with Crippen LogP contribution in [-0.4, -0.2) is 11.0 Å². The fraction of sp³-hybridized carbons (Fsp3) is 0.133. The van der Waals surface area contributed by atoms with Gasteiger partial charge in [0.25, 0.3) is 0 Å². The van der Waals surface area contributed by atoms with Crippen LogP contribution in [0.3, 0.4) is 0 Å². The largest absolute Gasteiger partial charge is 0.508 e. The number of benzene rings is 2. The Morgan fingerprint density at radius 3 is 2.53 bits per heavy atom. The molecule has 0 spiro atoms. The van der Waals surface area contributed by atoms with Crippen molar-refractivity contribution in [3.8, 4) is 5.75 Å². The second kappa shape index (κ2) is 5.44. The van der Waals surface area contributed by atoms with E-state index in [4.69, 9.17) is 5.73 Å². The number of carbonyl (C=O) groups is 1. The third-order valence-corrected chi connectivity index (χ3v) is 3.02. The standard InChI is InChI=1S/C15H16N2O2/c1-10-13(15(16)19)3-2-4-14(10)17-9-11-5-7-12(18)8-6-11/h2-8,17-18H,9H2,1H3,(H2,16,19). The quantitative estimate of drug-likeness (QED) is 0.786. The second-order valence-electron chi connectivity index (χ2n) is 4.36. The van der Waals surface area contributed by atoms with Gasteiger partial charge in [0, 0.05) is 17.8 Å². The Morgan fingerprint density at radius 1 is 1.21 bits per heavy atom. The lowest BCUT2D eigenvalue weighted by molar-refractivity contribution is 0.1000. The highest BCUT2D eigenvalue weighted by molar-refractivity contribution is 5.95. The molecule has 0 radical (unpaired) electrons. The monoisotopic (exact) mass is 256 g/mol. The molecule has 0 aliphatic rings. The summed E-state index contributed by atoms with van der Waals surface area (Å²) in [5.41, 5.74) is 8.60. The number of hydrogen-bond acceptors (Lipinski definition) is 3. The predicted octanol–water partition coefficient (Wildman–Crippen LogP) is 2.41. The van der Waals surface area contributed by atoms with Gasteiger partial charge < -0.3 is 16.2 Å². The van der Waals surface area contributed by atoms with Gasteiger partial charge in [-0.2, -0.15) is 0 Å². The number of nitrogens with two attached hydrogens (primary N) is 1. The Hall–Kier alpha value is -2.49. The van der Waals surface area contributed by atoms with Crippen LogP contribution in [0.4, 0.5) is 5.69 Å². The number of anilines is 1. The molecule has 4 nitrogen and oxygen atoms in total. The average molecular weight is 256 g/mol. The van der Waals surface area contributed by atoms with Crippen molar-refractivity contribution in [2.45, 2.75) is 13.5 Å². The molecule has 0 fully saturated rings. The van der Waals surface area contributed by atoms with Crippen LogP contribution in [0.25, 0.3) is 0 Å². The van der Waals surface area contributed by atoms with E-state index in [1.807, 2.05) is 25.1 Å². The maximum atomic E-state index is 11.3. The zero-order valence-corrected chi connectivity index (χ0v) is 10.7. The number of hydrogen-bond donors (Lipinski definition) is 3. The van der Waals surface area contributed by atoms with Gasteiger partial charge in [-0.15, -0.1) is 0 Å². The van der Waals surface area contributed by atoms with Crippen LogP contribution in [0.1, 0.15) is 21.5 Å². The van der Waals surface area contributed by atoms with Crippen LogP contribution in [0.2, 0.25) is 0 Å². The topological polar surface area (TPSA) is 75.3 Å². The number of nitrogens with one attached hydrogen (secondary N) is 1. The van der Waals surface area contributed by atoms with Crippen molar-refractivity contribution < 1.29 is 9.90 Å². The summed E-state index contributed by atoms with van der Waals surface area (Å²) in [6.45, 7) is 2.47. The molecular formula is C15H16N2O2. The van der Waals surface area contributed by atoms with Gasteiger partial charge in [-0.25, -0.2) is 0 Å². The lowest BCUT2D eigenvalue weighted by Gasteiger charge is -2.12. The molecule has 0 aliphatic carbocycles. The van der Waals surface area contributed by atoms with Crippen LogP contribution >= 0.6 is 0 Å². The number of carbonyl (C=O) groups excluding carboxylic acids is 1. The van der Waals surface area contributed by atoms with E-state index in [9.17, 15) is 9.90 Å². The average Bonchev–Trinajstić information content (AvgIpc) is 2.39. The molecule has 2 aromatic rings. The third kappa shape index (κ3) is 3.04. The molecule has 2 aromatic carbocycles. The van der Waals surface area contributed by atoms with Gasteiger partial charge in [0.15, 0.2) is 0 Å². The van der Waals surface area contributed by atoms with E-state index in [0.29, 0.717) is 12.1 Å². The minimum atomic E-state index is -0.425. The van der Waals surface area contributed by atoms with Crippen molar-refractivity contribution in [1.29, 1.82) is 0 Å². The first-order valence-electron chi connectivity index (χ1n) is 5.99. The fourth-order valence-electron chi connectivity index (χ4n) is 1.91. The van der Waals surface area contributed by atoms with E-state index in [0.717, 1.165) is 16.8 Å². The molecule has 19 heavy (non-hydrogen) atoms. The number of rotatable bonds is 4. The van der Waals surface area contributed by atoms with Crippen LogP contribution < -0.4 is 11.1 Å². The molecule has 4 heteroatoms. The summed E-state index contributed by atoms with van der Waals surface area (Å²) >= 11 is 0. The summed E-state index contributed by atoms with van der Waals surface area (Å²) in [7, 11) is 0. The Balaban J connectivity index is 2.13. The maximum absolute atomic E-state index is 11.3. The summed E-state index contributed by atoms with van der Waals surface area (Å²) in [5.74, 6) is -0.179. The van der Waals surface area contributed by atoms with Gasteiger partial charge in [0.2, 0.25) is 5.91 Å². The van der Waals surface area contributed by atoms with E-state index in [2.05, 4.69) is 5.32 Å². The number of phenols is 1. The zero-order valence-electron chi connectivity index (χ0n) is 10.7. The molecule has 0 bridgehead atoms. The van der Waals surface area contributed by atoms with Gasteiger partial charge in [0.1, 0.15) is 5.75 Å². The first-order valence-corrected chi connectivity index (χ1v) is 5.99. The van der Waals surface area contributed by atoms with Gasteiger partial charge in [-0.3, -0.25) is 4.79 Å². The summed E-state index contributed by atoms with van der Waals surface area (Å²) in [5, 5.41) is 12.5. The number of aromatic hydroxyl groups is 1. The maximum Gasteiger partial charge on any atom is 0.249 e. The highest BCUT2D eigenvalue weighted by Gasteiger charge is 2.07. The van der Waals surface area contributed by atoms with Crippen molar-refractivity contribution in [2.75, 3.05) is 5.32 Å². The molecule has 0 aliphatic heterocycles. The first kappa shape index (κ1) is 13.0. The predicted molar refractivity (Wildman–Crippen MR) is 75.1 cm³/mol. The SMILES string of the molecule is Cc1c(NCc2ccc(O)cc2)cccc1C(N)=O. The highest BCUT2D eigenvalue weighted by atomic mass is 16.3. The van der Waals surface area contributed by atoms with Crippen LogP contribution in [0.15, 0.2) is 42.5 Å². The smallest absolute Gasteiger partial charge is 0.249 e. The molecule has 0 saturated carbocycles. The Bertz CT molecular complexity index is 592. The zero-order chi connectivity index (χ0) is 13.8. The molecule has 0 aromatic heterocycles. The van der Waals surface area contributed by atoms with E-state index in [-0.39, 0.29) is 5.75 Å². The Labute approximate surface area is 111 Å². The lowest BCUT2D eigenvalue weighted by Crippen LogP contribution is -2.13. The van der Waals surface area contributed by atoms with Crippen molar-refractivity contribution >= 4 is 11.6 Å². The van der Waals surface area contributed by atoms with E-state index in [1.54, 1.807) is 24.3 Å². The molecule has 1 amide bonds. The van der Waals surface area contributed by atoms with Crippen LogP contribution in [-0.2, 0) is 6.54 Å². The molecule has 0 heterocycles. The number of primary amides is 1. The van der Waals surface area contributed by atoms with Gasteiger partial charge in [-0.05, 0) is 42.3 Å². The second-order valence-corrected chi connectivity index (χ2v) is 4.36. The van der Waals surface area contributed by atoms with Gasteiger partial charge in [-0.1, -0.05) is 18.2 Å².